The van der Waals surface area contributed by atoms with Gasteiger partial charge in [0, 0.05) is 0 Å². The van der Waals surface area contributed by atoms with Gasteiger partial charge in [-0.15, -0.1) is 0 Å². The van der Waals surface area contributed by atoms with E-state index in [9.17, 15) is 0 Å². The zero-order chi connectivity index (χ0) is 6.53. The summed E-state index contributed by atoms with van der Waals surface area (Å²) in [6, 6.07) is 0. The first-order valence-electron chi connectivity index (χ1n) is 3.80. The van der Waals surface area contributed by atoms with Crippen molar-refractivity contribution in [3.05, 3.63) is 0 Å². The predicted octanol–water partition coefficient (Wildman–Crippen LogP) is -1.23. The summed E-state index contributed by atoms with van der Waals surface area (Å²) in [5.74, 6) is 1.01. The van der Waals surface area contributed by atoms with Crippen molar-refractivity contribution in [3.63, 3.8) is 0 Å². The predicted molar refractivity (Wildman–Crippen MR) is 33.0 cm³/mol. The van der Waals surface area contributed by atoms with Crippen LogP contribution in [-0.4, -0.2) is 13.2 Å². The molecule has 1 aliphatic rings. The van der Waals surface area contributed by atoms with E-state index in [2.05, 4.69) is 0 Å². The van der Waals surface area contributed by atoms with Crippen LogP contribution in [0.15, 0.2) is 0 Å². The van der Waals surface area contributed by atoms with Gasteiger partial charge in [-0.05, 0) is 0 Å². The fraction of sp³-hybridized carbons (Fsp3) is 1.00. The Labute approximate surface area is 83.3 Å². The molecule has 0 N–H and O–H groups in total. The molecule has 0 aromatic carbocycles. The molecule has 0 saturated carbocycles. The van der Waals surface area contributed by atoms with Crippen LogP contribution >= 0.6 is 0 Å². The fourth-order valence-electron chi connectivity index (χ4n) is 1.32. The molecule has 0 amide bonds. The normalized spacial score (nSPS) is 20.2. The Morgan fingerprint density at radius 3 is 2.40 bits per heavy atom. The van der Waals surface area contributed by atoms with Gasteiger partial charge in [-0.2, -0.15) is 0 Å². The fourth-order valence-corrected chi connectivity index (χ4v) is 2.54. The molecule has 1 nitrogen and oxygen atoms in total. The molecule has 1 rings (SSSR count). The summed E-state index contributed by atoms with van der Waals surface area (Å²) >= 11 is 1.47. The molecule has 1 fully saturated rings. The van der Waals surface area contributed by atoms with E-state index in [0.717, 1.165) is 19.1 Å². The van der Waals surface area contributed by atoms with Crippen molar-refractivity contribution in [2.24, 2.45) is 5.92 Å². The zero-order valence-corrected chi connectivity index (χ0v) is 10.9. The van der Waals surface area contributed by atoms with Crippen LogP contribution in [0.5, 0.6) is 0 Å². The SMILES string of the molecule is [Br-].[Zn+][CH2]CC1CCOCC1. The van der Waals surface area contributed by atoms with Crippen molar-refractivity contribution in [1.29, 1.82) is 0 Å². The van der Waals surface area contributed by atoms with E-state index >= 15 is 0 Å². The van der Waals surface area contributed by atoms with Gasteiger partial charge in [-0.25, -0.2) is 0 Å². The first-order chi connectivity index (χ1) is 4.43. The molecule has 0 unspecified atom stereocenters. The molecule has 0 spiro atoms. The average Bonchev–Trinajstić information content (AvgIpc) is 1.91. The second-order valence-corrected chi connectivity index (χ2v) is 4.18. The van der Waals surface area contributed by atoms with Crippen LogP contribution in [-0.2, 0) is 23.0 Å². The molecule has 0 aliphatic carbocycles. The maximum atomic E-state index is 5.26. The second kappa shape index (κ2) is 6.75. The Balaban J connectivity index is 0.000000810. The quantitative estimate of drug-likeness (QED) is 0.564. The number of rotatable bonds is 2. The molecule has 0 atom stereocenters. The molecule has 1 aliphatic heterocycles. The topological polar surface area (TPSA) is 9.23 Å². The number of halogens is 1. The van der Waals surface area contributed by atoms with Crippen molar-refractivity contribution < 1.29 is 40.0 Å². The summed E-state index contributed by atoms with van der Waals surface area (Å²) in [4.78, 5) is 0. The Morgan fingerprint density at radius 1 is 1.30 bits per heavy atom. The Kier molecular flexibility index (Phi) is 7.47. The van der Waals surface area contributed by atoms with Crippen LogP contribution in [0.3, 0.4) is 0 Å². The zero-order valence-electron chi connectivity index (χ0n) is 6.31. The molecule has 0 aromatic heterocycles. The summed E-state index contributed by atoms with van der Waals surface area (Å²) < 4.78 is 5.26. The molecule has 0 aromatic rings. The van der Waals surface area contributed by atoms with Gasteiger partial charge in [0.2, 0.25) is 0 Å². The van der Waals surface area contributed by atoms with Gasteiger partial charge in [-0.1, -0.05) is 0 Å². The Hall–Kier alpha value is 1.06. The van der Waals surface area contributed by atoms with Crippen LogP contribution < -0.4 is 17.0 Å². The van der Waals surface area contributed by atoms with Crippen molar-refractivity contribution in [2.75, 3.05) is 13.2 Å². The van der Waals surface area contributed by atoms with Gasteiger partial charge in [0.05, 0.1) is 0 Å². The van der Waals surface area contributed by atoms with E-state index in [-0.39, 0.29) is 17.0 Å². The van der Waals surface area contributed by atoms with Crippen molar-refractivity contribution in [1.82, 2.24) is 0 Å². The van der Waals surface area contributed by atoms with Gasteiger partial charge < -0.3 is 17.0 Å². The first kappa shape index (κ1) is 11.1. The van der Waals surface area contributed by atoms with E-state index in [0.29, 0.717) is 0 Å². The summed E-state index contributed by atoms with van der Waals surface area (Å²) in [5.41, 5.74) is 0. The monoisotopic (exact) mass is 256 g/mol. The number of ether oxygens (including phenoxy) is 1. The first-order valence-corrected chi connectivity index (χ1v) is 5.90. The minimum atomic E-state index is 0. The van der Waals surface area contributed by atoms with Crippen molar-refractivity contribution in [3.8, 4) is 0 Å². The molecule has 1 saturated heterocycles. The molecule has 1 heterocycles. The third kappa shape index (κ3) is 4.05. The Bertz CT molecular complexity index is 71.3. The van der Waals surface area contributed by atoms with Gasteiger partial charge in [0.25, 0.3) is 0 Å². The van der Waals surface area contributed by atoms with E-state index in [1.807, 2.05) is 0 Å². The maximum absolute atomic E-state index is 5.26. The summed E-state index contributed by atoms with van der Waals surface area (Å²) in [5, 5.41) is 1.46. The van der Waals surface area contributed by atoms with Gasteiger partial charge in [-0.3, -0.25) is 0 Å². The second-order valence-electron chi connectivity index (χ2n) is 2.70. The van der Waals surface area contributed by atoms with Crippen molar-refractivity contribution >= 4 is 0 Å². The summed E-state index contributed by atoms with van der Waals surface area (Å²) in [6.07, 6.45) is 4.10. The van der Waals surface area contributed by atoms with Crippen LogP contribution in [0.25, 0.3) is 0 Å². The van der Waals surface area contributed by atoms with Crippen LogP contribution in [0, 0.1) is 5.92 Å². The standard InChI is InChI=1S/C7H13O.BrH.Zn/c1-2-7-3-5-8-6-4-7;;/h7H,1-6H2;1H;/q;;+1/p-1. The van der Waals surface area contributed by atoms with Crippen LogP contribution in [0.2, 0.25) is 5.02 Å². The third-order valence-corrected chi connectivity index (χ3v) is 2.81. The average molecular weight is 258 g/mol. The summed E-state index contributed by atoms with van der Waals surface area (Å²) in [6.45, 7) is 2.04. The van der Waals surface area contributed by atoms with Crippen molar-refractivity contribution in [2.45, 2.75) is 24.3 Å². The molecule has 10 heavy (non-hydrogen) atoms. The number of hydrogen-bond acceptors (Lipinski definition) is 1. The number of hydrogen-bond donors (Lipinski definition) is 0. The molecular weight excluding hydrogens is 245 g/mol. The van der Waals surface area contributed by atoms with E-state index < -0.39 is 0 Å². The van der Waals surface area contributed by atoms with Crippen LogP contribution in [0.4, 0.5) is 0 Å². The molecule has 56 valence electrons. The Morgan fingerprint density at radius 2 is 1.90 bits per heavy atom. The van der Waals surface area contributed by atoms with Gasteiger partial charge >= 0.3 is 66.4 Å². The minimum absolute atomic E-state index is 0. The van der Waals surface area contributed by atoms with Gasteiger partial charge in [0.15, 0.2) is 0 Å². The molecular formula is C7H13BrOZn. The van der Waals surface area contributed by atoms with E-state index in [1.54, 1.807) is 0 Å². The van der Waals surface area contributed by atoms with E-state index in [1.165, 1.54) is 42.6 Å². The molecule has 0 bridgehead atoms. The van der Waals surface area contributed by atoms with Crippen LogP contribution in [0.1, 0.15) is 19.3 Å². The summed E-state index contributed by atoms with van der Waals surface area (Å²) in [7, 11) is 0. The third-order valence-electron chi connectivity index (χ3n) is 1.95. The van der Waals surface area contributed by atoms with E-state index in [4.69, 9.17) is 4.74 Å². The van der Waals surface area contributed by atoms with Gasteiger partial charge in [0.1, 0.15) is 0 Å². The molecule has 3 heteroatoms. The molecule has 0 radical (unpaired) electrons.